The smallest absolute Gasteiger partial charge is 0.200 e. The van der Waals surface area contributed by atoms with E-state index in [1.165, 1.54) is 0 Å². The predicted octanol–water partition coefficient (Wildman–Crippen LogP) is 1.25. The highest BCUT2D eigenvalue weighted by Gasteiger charge is 2.56. The highest BCUT2D eigenvalue weighted by Crippen LogP contribution is 2.45. The van der Waals surface area contributed by atoms with Crippen molar-refractivity contribution in [3.8, 4) is 0 Å². The van der Waals surface area contributed by atoms with Crippen LogP contribution in [0.3, 0.4) is 0 Å². The Kier molecular flexibility index (Phi) is 2.74. The number of nitrogens with one attached hydrogen (secondary N) is 2. The van der Waals surface area contributed by atoms with E-state index in [0.717, 1.165) is 0 Å². The molecular weight excluding hydrogens is 212 g/mol. The van der Waals surface area contributed by atoms with E-state index in [1.807, 2.05) is 0 Å². The average molecular weight is 234 g/mol. The Morgan fingerprint density at radius 2 is 1.40 bits per heavy atom. The first kappa shape index (κ1) is 12.9. The van der Waals surface area contributed by atoms with Gasteiger partial charge in [0.05, 0.1) is 5.54 Å². The lowest BCUT2D eigenvalue weighted by Crippen LogP contribution is -2.62. The number of rotatable bonds is 0. The fourth-order valence-electron chi connectivity index (χ4n) is 2.47. The lowest BCUT2D eigenvalue weighted by molar-refractivity contribution is 0.0580. The molecular formula is C10H22N2O2S. The molecule has 2 N–H and O–H groups in total. The molecule has 1 fully saturated rings. The second kappa shape index (κ2) is 3.18. The molecule has 0 bridgehead atoms. The number of hydrogen-bond donors (Lipinski definition) is 2. The highest BCUT2D eigenvalue weighted by molar-refractivity contribution is 7.87. The third-order valence-corrected chi connectivity index (χ3v) is 4.54. The summed E-state index contributed by atoms with van der Waals surface area (Å²) in [5, 5.41) is 0. The Bertz CT molecular complexity index is 333. The van der Waals surface area contributed by atoms with Gasteiger partial charge in [-0.25, -0.2) is 4.72 Å². The van der Waals surface area contributed by atoms with Crippen LogP contribution < -0.4 is 9.44 Å². The largest absolute Gasteiger partial charge is 0.277 e. The Morgan fingerprint density at radius 3 is 1.53 bits per heavy atom. The first-order chi connectivity index (χ1) is 6.41. The molecule has 1 aliphatic rings. The van der Waals surface area contributed by atoms with Crippen LogP contribution in [0.2, 0.25) is 0 Å². The van der Waals surface area contributed by atoms with Crippen molar-refractivity contribution in [1.82, 2.24) is 9.44 Å². The van der Waals surface area contributed by atoms with E-state index >= 15 is 0 Å². The van der Waals surface area contributed by atoms with E-state index in [1.54, 1.807) is 0 Å². The van der Waals surface area contributed by atoms with Gasteiger partial charge in [-0.05, 0) is 10.8 Å². The van der Waals surface area contributed by atoms with E-state index < -0.39 is 15.7 Å². The molecule has 0 aromatic heterocycles. The van der Waals surface area contributed by atoms with Crippen molar-refractivity contribution in [3.05, 3.63) is 0 Å². The third-order valence-electron chi connectivity index (χ3n) is 3.40. The van der Waals surface area contributed by atoms with Gasteiger partial charge < -0.3 is 0 Å². The average Bonchev–Trinajstić information content (AvgIpc) is 2.23. The molecule has 90 valence electrons. The molecule has 1 aliphatic heterocycles. The third kappa shape index (κ3) is 2.05. The predicted molar refractivity (Wildman–Crippen MR) is 61.7 cm³/mol. The molecule has 0 radical (unpaired) electrons. The van der Waals surface area contributed by atoms with Crippen molar-refractivity contribution in [2.24, 2.45) is 10.8 Å². The molecule has 1 saturated heterocycles. The van der Waals surface area contributed by atoms with Crippen LogP contribution in [0.4, 0.5) is 0 Å². The summed E-state index contributed by atoms with van der Waals surface area (Å²) in [4.78, 5) is 0. The lowest BCUT2D eigenvalue weighted by atomic mass is 9.60. The SMILES string of the molecule is CC(C)(C)C1(C(C)(C)C)CNS(=O)(=O)N1. The fourth-order valence-corrected chi connectivity index (χ4v) is 4.09. The molecule has 0 atom stereocenters. The van der Waals surface area contributed by atoms with Crippen LogP contribution in [0, 0.1) is 10.8 Å². The summed E-state index contributed by atoms with van der Waals surface area (Å²) in [5.74, 6) is 0. The summed E-state index contributed by atoms with van der Waals surface area (Å²) in [6.07, 6.45) is 0. The van der Waals surface area contributed by atoms with Gasteiger partial charge in [-0.1, -0.05) is 41.5 Å². The Morgan fingerprint density at radius 1 is 1.00 bits per heavy atom. The van der Waals surface area contributed by atoms with E-state index in [4.69, 9.17) is 0 Å². The zero-order valence-corrected chi connectivity index (χ0v) is 11.2. The van der Waals surface area contributed by atoms with Gasteiger partial charge in [0.15, 0.2) is 0 Å². The topological polar surface area (TPSA) is 58.2 Å². The molecule has 0 amide bonds. The van der Waals surface area contributed by atoms with Crippen molar-refractivity contribution < 1.29 is 8.42 Å². The van der Waals surface area contributed by atoms with Gasteiger partial charge in [0.1, 0.15) is 0 Å². The molecule has 4 nitrogen and oxygen atoms in total. The normalized spacial score (nSPS) is 25.5. The fraction of sp³-hybridized carbons (Fsp3) is 1.00. The van der Waals surface area contributed by atoms with Crippen LogP contribution in [-0.2, 0) is 10.2 Å². The molecule has 0 spiro atoms. The molecule has 0 aromatic carbocycles. The second-order valence-corrected chi connectivity index (χ2v) is 7.83. The minimum atomic E-state index is -3.32. The van der Waals surface area contributed by atoms with Gasteiger partial charge in [-0.2, -0.15) is 13.1 Å². The van der Waals surface area contributed by atoms with Crippen molar-refractivity contribution in [1.29, 1.82) is 0 Å². The summed E-state index contributed by atoms with van der Waals surface area (Å²) in [5.41, 5.74) is -0.720. The monoisotopic (exact) mass is 234 g/mol. The molecule has 15 heavy (non-hydrogen) atoms. The highest BCUT2D eigenvalue weighted by atomic mass is 32.2. The van der Waals surface area contributed by atoms with Crippen LogP contribution in [-0.4, -0.2) is 20.5 Å². The first-order valence-electron chi connectivity index (χ1n) is 5.20. The first-order valence-corrected chi connectivity index (χ1v) is 6.68. The molecule has 1 heterocycles. The minimum absolute atomic E-state index is 0.137. The van der Waals surface area contributed by atoms with Gasteiger partial charge >= 0.3 is 0 Å². The molecule has 0 saturated carbocycles. The standard InChI is InChI=1S/C10H22N2O2S/c1-8(2,3)10(9(4,5)6)7-11-15(13,14)12-10/h11-12H,7H2,1-6H3. The maximum atomic E-state index is 11.5. The maximum Gasteiger partial charge on any atom is 0.277 e. The molecule has 0 aliphatic carbocycles. The Balaban J connectivity index is 3.25. The molecule has 0 unspecified atom stereocenters. The van der Waals surface area contributed by atoms with Crippen molar-refractivity contribution in [3.63, 3.8) is 0 Å². The molecule has 1 rings (SSSR count). The van der Waals surface area contributed by atoms with Gasteiger partial charge in [0.2, 0.25) is 0 Å². The Labute approximate surface area is 93.0 Å². The van der Waals surface area contributed by atoms with Crippen LogP contribution in [0.1, 0.15) is 41.5 Å². The summed E-state index contributed by atoms with van der Waals surface area (Å²) in [7, 11) is -3.32. The van der Waals surface area contributed by atoms with Crippen molar-refractivity contribution in [2.45, 2.75) is 47.1 Å². The lowest BCUT2D eigenvalue weighted by Gasteiger charge is -2.49. The van der Waals surface area contributed by atoms with Gasteiger partial charge in [0, 0.05) is 6.54 Å². The molecule has 5 heteroatoms. The van der Waals surface area contributed by atoms with E-state index in [0.29, 0.717) is 6.54 Å². The van der Waals surface area contributed by atoms with Crippen LogP contribution in [0.15, 0.2) is 0 Å². The molecule has 0 aromatic rings. The zero-order chi connectivity index (χ0) is 12.1. The van der Waals surface area contributed by atoms with Gasteiger partial charge in [-0.15, -0.1) is 0 Å². The quantitative estimate of drug-likeness (QED) is 0.663. The van der Waals surface area contributed by atoms with Crippen LogP contribution in [0.25, 0.3) is 0 Å². The summed E-state index contributed by atoms with van der Waals surface area (Å²) in [6, 6.07) is 0. The Hall–Kier alpha value is -0.130. The van der Waals surface area contributed by atoms with Gasteiger partial charge in [0.25, 0.3) is 10.2 Å². The number of hydrogen-bond acceptors (Lipinski definition) is 2. The minimum Gasteiger partial charge on any atom is -0.200 e. The van der Waals surface area contributed by atoms with Crippen LogP contribution >= 0.6 is 0 Å². The maximum absolute atomic E-state index is 11.5. The van der Waals surface area contributed by atoms with E-state index in [-0.39, 0.29) is 10.8 Å². The summed E-state index contributed by atoms with van der Waals surface area (Å²) >= 11 is 0. The van der Waals surface area contributed by atoms with E-state index in [9.17, 15) is 8.42 Å². The van der Waals surface area contributed by atoms with E-state index in [2.05, 4.69) is 51.0 Å². The van der Waals surface area contributed by atoms with Crippen molar-refractivity contribution >= 4 is 10.2 Å². The van der Waals surface area contributed by atoms with Gasteiger partial charge in [-0.3, -0.25) is 0 Å². The van der Waals surface area contributed by atoms with Crippen LogP contribution in [0.5, 0.6) is 0 Å². The van der Waals surface area contributed by atoms with Crippen molar-refractivity contribution in [2.75, 3.05) is 6.54 Å². The summed E-state index contributed by atoms with van der Waals surface area (Å²) in [6.45, 7) is 12.8. The second-order valence-electron chi connectivity index (χ2n) is 6.33. The summed E-state index contributed by atoms with van der Waals surface area (Å²) < 4.78 is 28.4. The zero-order valence-electron chi connectivity index (χ0n) is 10.4.